The number of piperidine rings is 1. The molecule has 2 fully saturated rings. The molecule has 104 valence electrons. The van der Waals surface area contributed by atoms with Crippen molar-refractivity contribution in [1.29, 1.82) is 0 Å². The maximum atomic E-state index is 12.3. The van der Waals surface area contributed by atoms with Crippen LogP contribution in [0, 0.1) is 5.92 Å². The van der Waals surface area contributed by atoms with Gasteiger partial charge in [0.2, 0.25) is 0 Å². The Balaban J connectivity index is 0.00000162. The van der Waals surface area contributed by atoms with Crippen LogP contribution in [0.5, 0.6) is 0 Å². The van der Waals surface area contributed by atoms with Gasteiger partial charge in [0.15, 0.2) is 0 Å². The smallest absolute Gasteiger partial charge is 0.317 e. The largest absolute Gasteiger partial charge is 0.327 e. The van der Waals surface area contributed by atoms with Crippen LogP contribution in [-0.2, 0) is 4.79 Å². The number of halogens is 1. The molecule has 0 aliphatic carbocycles. The molecule has 0 aromatic heterocycles. The summed E-state index contributed by atoms with van der Waals surface area (Å²) in [6, 6.07) is -0.134. The van der Waals surface area contributed by atoms with E-state index in [1.54, 1.807) is 11.9 Å². The maximum Gasteiger partial charge on any atom is 0.327 e. The Morgan fingerprint density at radius 3 is 2.33 bits per heavy atom. The molecule has 2 saturated heterocycles. The van der Waals surface area contributed by atoms with Gasteiger partial charge < -0.3 is 10.2 Å². The molecule has 0 radical (unpaired) electrons. The first-order valence-corrected chi connectivity index (χ1v) is 6.29. The van der Waals surface area contributed by atoms with Gasteiger partial charge in [-0.3, -0.25) is 9.69 Å². The Kier molecular flexibility index (Phi) is 4.61. The molecule has 2 rings (SSSR count). The molecule has 1 spiro atoms. The van der Waals surface area contributed by atoms with E-state index in [2.05, 4.69) is 19.2 Å². The van der Waals surface area contributed by atoms with Gasteiger partial charge in [-0.1, -0.05) is 13.8 Å². The van der Waals surface area contributed by atoms with E-state index < -0.39 is 5.54 Å². The Morgan fingerprint density at radius 1 is 1.28 bits per heavy atom. The summed E-state index contributed by atoms with van der Waals surface area (Å²) in [5.41, 5.74) is -0.568. The van der Waals surface area contributed by atoms with Crippen LogP contribution in [0.15, 0.2) is 0 Å². The highest BCUT2D eigenvalue weighted by Crippen LogP contribution is 2.35. The molecule has 0 atom stereocenters. The quantitative estimate of drug-likeness (QED) is 0.768. The normalized spacial score (nSPS) is 22.9. The maximum absolute atomic E-state index is 12.3. The molecule has 1 N–H and O–H groups in total. The van der Waals surface area contributed by atoms with Gasteiger partial charge in [0.1, 0.15) is 5.54 Å². The van der Waals surface area contributed by atoms with E-state index >= 15 is 0 Å². The molecule has 18 heavy (non-hydrogen) atoms. The van der Waals surface area contributed by atoms with E-state index in [1.165, 1.54) is 4.90 Å². The molecule has 5 nitrogen and oxygen atoms in total. The third kappa shape index (κ3) is 2.21. The van der Waals surface area contributed by atoms with Crippen LogP contribution in [0.2, 0.25) is 0 Å². The second-order valence-corrected chi connectivity index (χ2v) is 5.43. The average molecular weight is 276 g/mol. The average Bonchev–Trinajstić information content (AvgIpc) is 2.47. The van der Waals surface area contributed by atoms with Crippen LogP contribution in [0.25, 0.3) is 0 Å². The Labute approximate surface area is 114 Å². The number of nitrogens with zero attached hydrogens (tertiary/aromatic N) is 2. The van der Waals surface area contributed by atoms with E-state index in [1.807, 2.05) is 0 Å². The van der Waals surface area contributed by atoms with Gasteiger partial charge in [-0.25, -0.2) is 4.79 Å². The summed E-state index contributed by atoms with van der Waals surface area (Å²) < 4.78 is 0. The number of nitrogens with one attached hydrogen (secondary N) is 1. The summed E-state index contributed by atoms with van der Waals surface area (Å²) in [5, 5.41) is 3.25. The van der Waals surface area contributed by atoms with Crippen molar-refractivity contribution < 1.29 is 9.59 Å². The zero-order valence-corrected chi connectivity index (χ0v) is 12.0. The lowest BCUT2D eigenvalue weighted by Gasteiger charge is -2.39. The van der Waals surface area contributed by atoms with Crippen LogP contribution in [0.3, 0.4) is 0 Å². The number of carbonyl (C=O) groups is 2. The van der Waals surface area contributed by atoms with E-state index in [0.29, 0.717) is 12.5 Å². The van der Waals surface area contributed by atoms with Crippen molar-refractivity contribution in [2.45, 2.75) is 32.2 Å². The second-order valence-electron chi connectivity index (χ2n) is 5.43. The highest BCUT2D eigenvalue weighted by atomic mass is 35.5. The van der Waals surface area contributed by atoms with Gasteiger partial charge in [0, 0.05) is 13.6 Å². The molecule has 3 amide bonds. The SMILES string of the molecule is CC(C)CN1C(=O)N(C)C(=O)C12CCNCC2.Cl. The van der Waals surface area contributed by atoms with Crippen LogP contribution in [-0.4, -0.2) is 54.0 Å². The van der Waals surface area contributed by atoms with Crippen molar-refractivity contribution in [3.63, 3.8) is 0 Å². The third-order valence-electron chi connectivity index (χ3n) is 3.72. The molecule has 0 aromatic carbocycles. The van der Waals surface area contributed by atoms with E-state index in [9.17, 15) is 9.59 Å². The first-order chi connectivity index (χ1) is 7.99. The predicted octanol–water partition coefficient (Wildman–Crippen LogP) is 1.08. The Bertz CT molecular complexity index is 340. The highest BCUT2D eigenvalue weighted by Gasteiger charge is 2.55. The zero-order chi connectivity index (χ0) is 12.6. The topological polar surface area (TPSA) is 52.7 Å². The monoisotopic (exact) mass is 275 g/mol. The lowest BCUT2D eigenvalue weighted by atomic mass is 9.86. The van der Waals surface area contributed by atoms with Crippen molar-refractivity contribution in [1.82, 2.24) is 15.1 Å². The summed E-state index contributed by atoms with van der Waals surface area (Å²) in [7, 11) is 1.59. The molecule has 0 aromatic rings. The molecular weight excluding hydrogens is 254 g/mol. The standard InChI is InChI=1S/C12H21N3O2.ClH/c1-9(2)8-15-11(17)14(3)10(16)12(15)4-6-13-7-5-12;/h9,13H,4-8H2,1-3H3;1H. The van der Waals surface area contributed by atoms with Crippen LogP contribution < -0.4 is 5.32 Å². The first-order valence-electron chi connectivity index (χ1n) is 6.29. The molecule has 0 bridgehead atoms. The lowest BCUT2D eigenvalue weighted by molar-refractivity contribution is -0.133. The fourth-order valence-electron chi connectivity index (χ4n) is 2.82. The number of likely N-dealkylation sites (N-methyl/N-ethyl adjacent to an activating group) is 1. The Hall–Kier alpha value is -0.810. The molecule has 6 heteroatoms. The van der Waals surface area contributed by atoms with Crippen molar-refractivity contribution in [2.75, 3.05) is 26.7 Å². The van der Waals surface area contributed by atoms with Crippen molar-refractivity contribution in [3.05, 3.63) is 0 Å². The number of rotatable bonds is 2. The highest BCUT2D eigenvalue weighted by molar-refractivity contribution is 6.06. The van der Waals surface area contributed by atoms with Crippen LogP contribution in [0.1, 0.15) is 26.7 Å². The molecule has 2 heterocycles. The second kappa shape index (κ2) is 5.45. The number of hydrogen-bond donors (Lipinski definition) is 1. The fraction of sp³-hybridized carbons (Fsp3) is 0.833. The summed E-state index contributed by atoms with van der Waals surface area (Å²) in [4.78, 5) is 27.5. The third-order valence-corrected chi connectivity index (χ3v) is 3.72. The van der Waals surface area contributed by atoms with Crippen molar-refractivity contribution >= 4 is 24.3 Å². The van der Waals surface area contributed by atoms with Crippen molar-refractivity contribution in [2.24, 2.45) is 5.92 Å². The van der Waals surface area contributed by atoms with Crippen molar-refractivity contribution in [3.8, 4) is 0 Å². The van der Waals surface area contributed by atoms with Gasteiger partial charge in [0.05, 0.1) is 0 Å². The molecule has 0 unspecified atom stereocenters. The minimum absolute atomic E-state index is 0. The van der Waals surface area contributed by atoms with Crippen LogP contribution in [0.4, 0.5) is 4.79 Å². The van der Waals surface area contributed by atoms with Crippen LogP contribution >= 0.6 is 12.4 Å². The van der Waals surface area contributed by atoms with E-state index in [4.69, 9.17) is 0 Å². The number of hydrogen-bond acceptors (Lipinski definition) is 3. The summed E-state index contributed by atoms with van der Waals surface area (Å²) in [6.07, 6.45) is 1.46. The number of amides is 3. The predicted molar refractivity (Wildman–Crippen MR) is 71.8 cm³/mol. The number of carbonyl (C=O) groups excluding carboxylic acids is 2. The van der Waals surface area contributed by atoms with E-state index in [-0.39, 0.29) is 24.3 Å². The minimum atomic E-state index is -0.568. The van der Waals surface area contributed by atoms with Gasteiger partial charge in [-0.05, 0) is 31.8 Å². The summed E-state index contributed by atoms with van der Waals surface area (Å²) >= 11 is 0. The Morgan fingerprint density at radius 2 is 1.83 bits per heavy atom. The van der Waals surface area contributed by atoms with Gasteiger partial charge >= 0.3 is 6.03 Å². The van der Waals surface area contributed by atoms with E-state index in [0.717, 1.165) is 25.9 Å². The zero-order valence-electron chi connectivity index (χ0n) is 11.2. The molecular formula is C12H22ClN3O2. The molecule has 2 aliphatic heterocycles. The number of urea groups is 1. The van der Waals surface area contributed by atoms with Gasteiger partial charge in [0.25, 0.3) is 5.91 Å². The number of imide groups is 1. The minimum Gasteiger partial charge on any atom is -0.317 e. The van der Waals surface area contributed by atoms with Gasteiger partial charge in [-0.15, -0.1) is 12.4 Å². The molecule has 2 aliphatic rings. The first kappa shape index (κ1) is 15.2. The van der Waals surface area contributed by atoms with Gasteiger partial charge in [-0.2, -0.15) is 0 Å². The lowest BCUT2D eigenvalue weighted by Crippen LogP contribution is -2.56. The summed E-state index contributed by atoms with van der Waals surface area (Å²) in [5.74, 6) is 0.356. The summed E-state index contributed by atoms with van der Waals surface area (Å²) in [6.45, 7) is 6.42. The molecule has 0 saturated carbocycles. The fourth-order valence-corrected chi connectivity index (χ4v) is 2.82.